The molecule has 0 aliphatic carbocycles. The number of fused-ring (bicyclic) bond motifs is 2. The quantitative estimate of drug-likeness (QED) is 0.360. The van der Waals surface area contributed by atoms with Crippen LogP contribution in [0.4, 0.5) is 14.5 Å². The van der Waals surface area contributed by atoms with Gasteiger partial charge in [-0.3, -0.25) is 9.59 Å². The first kappa shape index (κ1) is 26.9. The molecule has 3 aromatic rings. The first-order valence-electron chi connectivity index (χ1n) is 11.9. The summed E-state index contributed by atoms with van der Waals surface area (Å²) < 4.78 is 35.6. The zero-order valence-corrected chi connectivity index (χ0v) is 22.2. The topological polar surface area (TPSA) is 105 Å². The van der Waals surface area contributed by atoms with E-state index in [4.69, 9.17) is 27.9 Å². The second-order valence-corrected chi connectivity index (χ2v) is 10.9. The first-order chi connectivity index (χ1) is 18.3. The lowest BCUT2D eigenvalue weighted by Gasteiger charge is -2.46. The summed E-state index contributed by atoms with van der Waals surface area (Å²) in [5, 5.41) is 15.7. The molecule has 0 saturated carbocycles. The average Bonchev–Trinajstić information content (AvgIpc) is 3.14. The van der Waals surface area contributed by atoms with Gasteiger partial charge >= 0.3 is 5.97 Å². The van der Waals surface area contributed by atoms with Crippen LogP contribution in [0, 0.1) is 11.6 Å². The van der Waals surface area contributed by atoms with Crippen molar-refractivity contribution in [1.29, 1.82) is 0 Å². The fourth-order valence-electron chi connectivity index (χ4n) is 5.46. The van der Waals surface area contributed by atoms with Crippen molar-refractivity contribution < 1.29 is 33.0 Å². The molecule has 0 unspecified atom stereocenters. The van der Waals surface area contributed by atoms with Crippen molar-refractivity contribution in [2.45, 2.75) is 43.2 Å². The van der Waals surface area contributed by atoms with Gasteiger partial charge in [0.15, 0.2) is 5.60 Å². The molecule has 202 valence electrons. The molecule has 2 amide bonds. The van der Waals surface area contributed by atoms with Crippen molar-refractivity contribution in [3.63, 3.8) is 0 Å². The summed E-state index contributed by atoms with van der Waals surface area (Å²) in [6.07, 6.45) is -0.271. The van der Waals surface area contributed by atoms with Crippen LogP contribution in [0.2, 0.25) is 10.0 Å². The molecule has 2 aliphatic rings. The van der Waals surface area contributed by atoms with Crippen LogP contribution < -0.4 is 15.4 Å². The van der Waals surface area contributed by atoms with E-state index in [1.165, 1.54) is 38.1 Å². The summed E-state index contributed by atoms with van der Waals surface area (Å²) in [4.78, 5) is 39.1. The fourth-order valence-corrected chi connectivity index (χ4v) is 5.81. The average molecular weight is 575 g/mol. The van der Waals surface area contributed by atoms with Gasteiger partial charge in [-0.15, -0.1) is 0 Å². The molecule has 3 N–H and O–H groups in total. The third-order valence-electron chi connectivity index (χ3n) is 7.25. The van der Waals surface area contributed by atoms with Gasteiger partial charge in [-0.2, -0.15) is 0 Å². The Labute approximate surface area is 232 Å². The molecular formula is C28H22Cl2F2N2O5. The maximum Gasteiger partial charge on any atom is 0.347 e. The highest BCUT2D eigenvalue weighted by Crippen LogP contribution is 2.59. The van der Waals surface area contributed by atoms with Crippen molar-refractivity contribution in [2.75, 3.05) is 5.32 Å². The lowest BCUT2D eigenvalue weighted by Crippen LogP contribution is -2.57. The third kappa shape index (κ3) is 4.39. The van der Waals surface area contributed by atoms with Crippen molar-refractivity contribution >= 4 is 46.7 Å². The third-order valence-corrected chi connectivity index (χ3v) is 7.72. The molecule has 5 rings (SSSR count). The van der Waals surface area contributed by atoms with Gasteiger partial charge in [-0.25, -0.2) is 13.6 Å². The number of hydrogen-bond donors (Lipinski definition) is 3. The molecule has 1 saturated heterocycles. The number of piperidine rings is 1. The molecule has 0 radical (unpaired) electrons. The summed E-state index contributed by atoms with van der Waals surface area (Å²) >= 11 is 12.6. The largest absolute Gasteiger partial charge is 0.478 e. The number of ether oxygens (including phenoxy) is 1. The zero-order valence-electron chi connectivity index (χ0n) is 20.7. The molecule has 1 spiro atoms. The van der Waals surface area contributed by atoms with E-state index in [0.29, 0.717) is 16.3 Å². The van der Waals surface area contributed by atoms with Gasteiger partial charge in [0.05, 0.1) is 6.04 Å². The van der Waals surface area contributed by atoms with Crippen LogP contribution in [0.25, 0.3) is 0 Å². The number of anilines is 1. The predicted octanol–water partition coefficient (Wildman–Crippen LogP) is 5.75. The lowest BCUT2D eigenvalue weighted by atomic mass is 9.59. The molecule has 2 aliphatic heterocycles. The number of aliphatic carboxylic acids is 1. The number of carboxylic acids is 1. The predicted molar refractivity (Wildman–Crippen MR) is 140 cm³/mol. The van der Waals surface area contributed by atoms with Crippen LogP contribution in [-0.2, 0) is 19.8 Å². The summed E-state index contributed by atoms with van der Waals surface area (Å²) in [5.41, 5.74) is -2.67. The normalized spacial score (nSPS) is 22.3. The number of carbonyl (C=O) groups is 3. The van der Waals surface area contributed by atoms with E-state index in [-0.39, 0.29) is 28.3 Å². The van der Waals surface area contributed by atoms with Crippen molar-refractivity contribution in [3.05, 3.63) is 93.0 Å². The first-order valence-corrected chi connectivity index (χ1v) is 12.7. The Morgan fingerprint density at radius 1 is 1.03 bits per heavy atom. The Morgan fingerprint density at radius 3 is 2.44 bits per heavy atom. The Bertz CT molecular complexity index is 1550. The number of hydrogen-bond acceptors (Lipinski definition) is 4. The van der Waals surface area contributed by atoms with Gasteiger partial charge in [-0.05, 0) is 67.9 Å². The van der Waals surface area contributed by atoms with E-state index in [0.717, 1.165) is 18.2 Å². The second-order valence-electron chi connectivity index (χ2n) is 10.0. The molecule has 0 bridgehead atoms. The minimum atomic E-state index is -1.72. The van der Waals surface area contributed by atoms with Crippen LogP contribution in [0.5, 0.6) is 5.75 Å². The fraction of sp³-hybridized carbons (Fsp3) is 0.250. The maximum absolute atomic E-state index is 15.3. The molecule has 3 aromatic carbocycles. The zero-order chi connectivity index (χ0) is 28.3. The van der Waals surface area contributed by atoms with Crippen molar-refractivity contribution in [3.8, 4) is 5.75 Å². The molecule has 1 fully saturated rings. The Kier molecular flexibility index (Phi) is 6.55. The highest BCUT2D eigenvalue weighted by Gasteiger charge is 2.62. The maximum atomic E-state index is 15.3. The van der Waals surface area contributed by atoms with E-state index < -0.39 is 52.4 Å². The minimum Gasteiger partial charge on any atom is -0.478 e. The highest BCUT2D eigenvalue weighted by molar-refractivity contribution is 6.31. The van der Waals surface area contributed by atoms with E-state index in [1.54, 1.807) is 12.1 Å². The molecule has 7 nitrogen and oxygen atoms in total. The monoisotopic (exact) mass is 574 g/mol. The van der Waals surface area contributed by atoms with Gasteiger partial charge in [0.25, 0.3) is 0 Å². The van der Waals surface area contributed by atoms with Crippen LogP contribution in [0.15, 0.2) is 54.6 Å². The number of halogens is 4. The smallest absolute Gasteiger partial charge is 0.347 e. The summed E-state index contributed by atoms with van der Waals surface area (Å²) in [5.74, 6) is -4.95. The van der Waals surface area contributed by atoms with Gasteiger partial charge in [0.2, 0.25) is 11.8 Å². The molecule has 11 heteroatoms. The molecular weight excluding hydrogens is 553 g/mol. The van der Waals surface area contributed by atoms with Crippen molar-refractivity contribution in [1.82, 2.24) is 5.32 Å². The standard InChI is InChI=1S/C28H22Cl2F2N2O5/c1-27(2,26(37)38)39-22-8-4-13(29)9-16(22)19-12-23(35)34-24(17-11-15(31)5-7-20(17)32)28(19)18-6-3-14(30)10-21(18)33-25(28)36/h3-11,19,24H,12H2,1-2H3,(H,33,36)(H,34,35)(H,37,38)/t19-,24+,28-/m1/s1. The molecule has 2 heterocycles. The minimum absolute atomic E-state index is 0.0690. The number of nitrogens with one attached hydrogen (secondary N) is 2. The second kappa shape index (κ2) is 9.50. The van der Waals surface area contributed by atoms with Crippen LogP contribution in [0.1, 0.15) is 48.9 Å². The van der Waals surface area contributed by atoms with E-state index in [2.05, 4.69) is 10.6 Å². The number of rotatable bonds is 5. The van der Waals surface area contributed by atoms with E-state index >= 15 is 4.39 Å². The van der Waals surface area contributed by atoms with Gasteiger partial charge in [-0.1, -0.05) is 29.3 Å². The highest BCUT2D eigenvalue weighted by atomic mass is 35.5. The van der Waals surface area contributed by atoms with E-state index in [9.17, 15) is 23.9 Å². The SMILES string of the molecule is CC(C)(Oc1ccc(Cl)cc1[C@H]1CC(=O)N[C@@H](c2cc(F)ccc2F)[C@]12C(=O)Nc1cc(Cl)ccc12)C(=O)O. The van der Waals surface area contributed by atoms with Crippen molar-refractivity contribution in [2.24, 2.45) is 0 Å². The Morgan fingerprint density at radius 2 is 1.72 bits per heavy atom. The molecule has 0 aromatic heterocycles. The Balaban J connectivity index is 1.82. The molecule has 3 atom stereocenters. The number of carboxylic acid groups (broad SMARTS) is 1. The number of benzene rings is 3. The van der Waals surface area contributed by atoms with E-state index in [1.807, 2.05) is 0 Å². The van der Waals surface area contributed by atoms with Gasteiger partial charge in [0, 0.05) is 39.2 Å². The van der Waals surface area contributed by atoms with Crippen LogP contribution >= 0.6 is 23.2 Å². The van der Waals surface area contributed by atoms with Crippen LogP contribution in [0.3, 0.4) is 0 Å². The summed E-state index contributed by atoms with van der Waals surface area (Å²) in [6, 6.07) is 10.5. The number of carbonyl (C=O) groups excluding carboxylic acids is 2. The van der Waals surface area contributed by atoms with Gasteiger partial charge in [0.1, 0.15) is 22.8 Å². The van der Waals surface area contributed by atoms with Gasteiger partial charge < -0.3 is 20.5 Å². The summed E-state index contributed by atoms with van der Waals surface area (Å²) in [6.45, 7) is 2.70. The number of amides is 2. The van der Waals surface area contributed by atoms with Crippen LogP contribution in [-0.4, -0.2) is 28.5 Å². The Hall–Kier alpha value is -3.69. The lowest BCUT2D eigenvalue weighted by molar-refractivity contribution is -0.152. The summed E-state index contributed by atoms with van der Waals surface area (Å²) in [7, 11) is 0. The molecule has 39 heavy (non-hydrogen) atoms.